The number of hydrogen-bond donors (Lipinski definition) is 1. The topological polar surface area (TPSA) is 94.5 Å². The van der Waals surface area contributed by atoms with Crippen LogP contribution in [0.5, 0.6) is 5.75 Å². The van der Waals surface area contributed by atoms with Crippen molar-refractivity contribution in [3.05, 3.63) is 59.3 Å². The number of methoxy groups -OCH3 is 1. The third-order valence-electron chi connectivity index (χ3n) is 5.85. The van der Waals surface area contributed by atoms with E-state index in [1.54, 1.807) is 36.4 Å². The smallest absolute Gasteiger partial charge is 0.268 e. The minimum atomic E-state index is -3.97. The molecule has 1 fully saturated rings. The van der Waals surface area contributed by atoms with Gasteiger partial charge in [0.15, 0.2) is 6.29 Å². The van der Waals surface area contributed by atoms with Crippen molar-refractivity contribution in [2.45, 2.75) is 38.1 Å². The largest absolute Gasteiger partial charge is 0.496 e. The van der Waals surface area contributed by atoms with E-state index in [0.29, 0.717) is 28.6 Å². The maximum absolute atomic E-state index is 13.6. The van der Waals surface area contributed by atoms with Gasteiger partial charge in [0.05, 0.1) is 35.3 Å². The summed E-state index contributed by atoms with van der Waals surface area (Å²) in [6.45, 7) is 3.82. The fourth-order valence-electron chi connectivity index (χ4n) is 3.57. The van der Waals surface area contributed by atoms with Crippen LogP contribution in [0.2, 0.25) is 0 Å². The zero-order chi connectivity index (χ0) is 22.4. The quantitative estimate of drug-likeness (QED) is 0.568. The Bertz CT molecular complexity index is 1290. The lowest BCUT2D eigenvalue weighted by Crippen LogP contribution is -2.31. The number of rotatable bonds is 7. The monoisotopic (exact) mass is 440 g/mol. The Labute approximate surface area is 181 Å². The molecule has 0 saturated heterocycles. The number of carbonyl (C=O) groups excluding carboxylic acids is 2. The molecule has 0 unspecified atom stereocenters. The third-order valence-corrected chi connectivity index (χ3v) is 7.63. The van der Waals surface area contributed by atoms with Crippen LogP contribution in [0, 0.1) is 12.3 Å². The van der Waals surface area contributed by atoms with Gasteiger partial charge in [0, 0.05) is 10.8 Å². The molecule has 0 spiro atoms. The van der Waals surface area contributed by atoms with Crippen molar-refractivity contribution in [1.29, 1.82) is 0 Å². The van der Waals surface area contributed by atoms with Crippen molar-refractivity contribution in [2.75, 3.05) is 7.11 Å². The molecule has 3 aromatic rings. The predicted molar refractivity (Wildman–Crippen MR) is 117 cm³/mol. The van der Waals surface area contributed by atoms with Gasteiger partial charge in [-0.05, 0) is 50.1 Å². The van der Waals surface area contributed by atoms with E-state index < -0.39 is 10.0 Å². The van der Waals surface area contributed by atoms with Crippen molar-refractivity contribution in [3.8, 4) is 5.75 Å². The van der Waals surface area contributed by atoms with Crippen LogP contribution in [0.3, 0.4) is 0 Å². The highest BCUT2D eigenvalue weighted by Crippen LogP contribution is 2.45. The summed E-state index contributed by atoms with van der Waals surface area (Å²) < 4.78 is 33.6. The van der Waals surface area contributed by atoms with E-state index in [0.717, 1.165) is 18.4 Å². The molecular weight excluding hydrogens is 416 g/mol. The lowest BCUT2D eigenvalue weighted by atomic mass is 10.1. The summed E-state index contributed by atoms with van der Waals surface area (Å²) in [4.78, 5) is 24.1. The zero-order valence-corrected chi connectivity index (χ0v) is 18.5. The molecule has 1 aromatic heterocycles. The molecule has 1 heterocycles. The number of hydrogen-bond acceptors (Lipinski definition) is 5. The number of amides is 1. The van der Waals surface area contributed by atoms with Gasteiger partial charge in [-0.15, -0.1) is 0 Å². The molecule has 1 amide bonds. The first-order valence-electron chi connectivity index (χ1n) is 9.98. The van der Waals surface area contributed by atoms with Gasteiger partial charge in [-0.25, -0.2) is 12.4 Å². The molecule has 0 aliphatic heterocycles. The van der Waals surface area contributed by atoms with Crippen LogP contribution >= 0.6 is 0 Å². The Balaban J connectivity index is 1.87. The second-order valence-corrected chi connectivity index (χ2v) is 10.0. The highest BCUT2D eigenvalue weighted by Gasteiger charge is 2.44. The Kier molecular flexibility index (Phi) is 5.13. The highest BCUT2D eigenvalue weighted by atomic mass is 32.2. The Hall–Kier alpha value is -3.13. The number of benzene rings is 2. The minimum Gasteiger partial charge on any atom is -0.496 e. The van der Waals surface area contributed by atoms with E-state index in [1.807, 2.05) is 13.8 Å². The summed E-state index contributed by atoms with van der Waals surface area (Å²) in [5.74, 6) is 0.261. The number of nitrogens with one attached hydrogen (secondary N) is 1. The molecule has 1 aliphatic carbocycles. The molecule has 0 atom stereocenters. The van der Waals surface area contributed by atoms with Crippen LogP contribution in [0.25, 0.3) is 10.9 Å². The molecule has 4 rings (SSSR count). The van der Waals surface area contributed by atoms with E-state index in [9.17, 15) is 18.0 Å². The van der Waals surface area contributed by atoms with Gasteiger partial charge < -0.3 is 10.1 Å². The van der Waals surface area contributed by atoms with Gasteiger partial charge in [0.25, 0.3) is 10.0 Å². The lowest BCUT2D eigenvalue weighted by molar-refractivity contribution is -0.125. The fourth-order valence-corrected chi connectivity index (χ4v) is 5.11. The number of aldehydes is 1. The highest BCUT2D eigenvalue weighted by molar-refractivity contribution is 7.90. The molecule has 1 N–H and O–H groups in total. The van der Waals surface area contributed by atoms with Crippen LogP contribution in [-0.4, -0.2) is 31.7 Å². The SMILES string of the molecule is COc1cc2cc(CNC(=O)C3(C)CC3)n(S(=O)(=O)c3ccc(C)cc3)c2cc1C=O. The minimum absolute atomic E-state index is 0.0485. The first-order chi connectivity index (χ1) is 14.7. The fraction of sp³-hybridized carbons (Fsp3) is 0.304. The van der Waals surface area contributed by atoms with Gasteiger partial charge in [-0.1, -0.05) is 24.6 Å². The van der Waals surface area contributed by atoms with Gasteiger partial charge in [-0.3, -0.25) is 9.59 Å². The van der Waals surface area contributed by atoms with E-state index in [2.05, 4.69) is 5.32 Å². The van der Waals surface area contributed by atoms with Gasteiger partial charge >= 0.3 is 0 Å². The van der Waals surface area contributed by atoms with E-state index in [4.69, 9.17) is 4.74 Å². The second kappa shape index (κ2) is 7.53. The van der Waals surface area contributed by atoms with Crippen LogP contribution < -0.4 is 10.1 Å². The van der Waals surface area contributed by atoms with E-state index in [1.165, 1.54) is 17.1 Å². The molecule has 0 bridgehead atoms. The van der Waals surface area contributed by atoms with Crippen molar-refractivity contribution < 1.29 is 22.7 Å². The molecule has 0 radical (unpaired) electrons. The summed E-state index contributed by atoms with van der Waals surface area (Å²) in [6.07, 6.45) is 2.27. The summed E-state index contributed by atoms with van der Waals surface area (Å²) in [7, 11) is -2.52. The van der Waals surface area contributed by atoms with Crippen molar-refractivity contribution in [1.82, 2.24) is 9.29 Å². The second-order valence-electron chi connectivity index (χ2n) is 8.23. The molecule has 2 aromatic carbocycles. The summed E-state index contributed by atoms with van der Waals surface area (Å²) >= 11 is 0. The maximum Gasteiger partial charge on any atom is 0.268 e. The van der Waals surface area contributed by atoms with E-state index in [-0.39, 0.29) is 28.3 Å². The molecule has 162 valence electrons. The van der Waals surface area contributed by atoms with Gasteiger partial charge in [-0.2, -0.15) is 0 Å². The van der Waals surface area contributed by atoms with Crippen LogP contribution in [0.15, 0.2) is 47.4 Å². The zero-order valence-electron chi connectivity index (χ0n) is 17.6. The van der Waals surface area contributed by atoms with Crippen LogP contribution in [-0.2, 0) is 21.4 Å². The lowest BCUT2D eigenvalue weighted by Gasteiger charge is -2.15. The number of fused-ring (bicyclic) bond motifs is 1. The van der Waals surface area contributed by atoms with Crippen molar-refractivity contribution in [3.63, 3.8) is 0 Å². The number of carbonyl (C=O) groups is 2. The van der Waals surface area contributed by atoms with Crippen LogP contribution in [0.4, 0.5) is 0 Å². The average Bonchev–Trinajstić information content (AvgIpc) is 3.40. The van der Waals surface area contributed by atoms with Crippen molar-refractivity contribution in [2.24, 2.45) is 5.41 Å². The Morgan fingerprint density at radius 1 is 1.19 bits per heavy atom. The third kappa shape index (κ3) is 3.72. The summed E-state index contributed by atoms with van der Waals surface area (Å²) in [5.41, 5.74) is 1.56. The van der Waals surface area contributed by atoms with Gasteiger partial charge in [0.2, 0.25) is 5.91 Å². The van der Waals surface area contributed by atoms with Gasteiger partial charge in [0.1, 0.15) is 5.75 Å². The maximum atomic E-state index is 13.6. The van der Waals surface area contributed by atoms with Crippen molar-refractivity contribution >= 4 is 33.1 Å². The predicted octanol–water partition coefficient (Wildman–Crippen LogP) is 3.42. The molecule has 7 nitrogen and oxygen atoms in total. The van der Waals surface area contributed by atoms with E-state index >= 15 is 0 Å². The standard InChI is InChI=1S/C23H24N2O5S/c1-15-4-6-19(7-5-15)31(28,29)25-18(13-24-22(27)23(2)8-9-23)10-16-12-21(30-3)17(14-26)11-20(16)25/h4-7,10-12,14H,8-9,13H2,1-3H3,(H,24,27). The first kappa shape index (κ1) is 21.1. The average molecular weight is 441 g/mol. The molecule has 1 aliphatic rings. The number of ether oxygens (including phenoxy) is 1. The molecule has 1 saturated carbocycles. The normalized spacial score (nSPS) is 14.9. The Morgan fingerprint density at radius 2 is 1.87 bits per heavy atom. The Morgan fingerprint density at radius 3 is 2.45 bits per heavy atom. The van der Waals surface area contributed by atoms with Crippen LogP contribution in [0.1, 0.15) is 41.4 Å². The summed E-state index contributed by atoms with van der Waals surface area (Å²) in [5, 5.41) is 3.46. The number of aryl methyl sites for hydroxylation is 1. The number of aromatic nitrogens is 1. The molecular formula is C23H24N2O5S. The summed E-state index contributed by atoms with van der Waals surface area (Å²) in [6, 6.07) is 11.4. The first-order valence-corrected chi connectivity index (χ1v) is 11.4. The number of nitrogens with zero attached hydrogens (tertiary/aromatic N) is 1. The molecule has 8 heteroatoms. The molecule has 31 heavy (non-hydrogen) atoms.